The monoisotopic (exact) mass is 404 g/mol. The Bertz CT molecular complexity index is 750. The summed E-state index contributed by atoms with van der Waals surface area (Å²) in [7, 11) is 0. The lowest BCUT2D eigenvalue weighted by Crippen LogP contribution is -2.27. The molecule has 0 aliphatic carbocycles. The lowest BCUT2D eigenvalue weighted by molar-refractivity contribution is 0.495. The lowest BCUT2D eigenvalue weighted by atomic mass is 10.00. The first-order valence-electron chi connectivity index (χ1n) is 8.61. The fourth-order valence-corrected chi connectivity index (χ4v) is 4.31. The topological polar surface area (TPSA) is 17.8 Å². The van der Waals surface area contributed by atoms with Crippen LogP contribution in [0.3, 0.4) is 0 Å². The SMILES string of the molecule is CC(CCc1ccc(Cl)cc1)(Cn1ccnc1)SCc1ccc(Cl)cc1. The van der Waals surface area contributed by atoms with E-state index in [0.717, 1.165) is 35.2 Å². The van der Waals surface area contributed by atoms with Gasteiger partial charge < -0.3 is 4.57 Å². The molecule has 1 atom stereocenters. The maximum atomic E-state index is 6.00. The predicted molar refractivity (Wildman–Crippen MR) is 113 cm³/mol. The Hall–Kier alpha value is -1.42. The van der Waals surface area contributed by atoms with E-state index in [1.165, 1.54) is 11.1 Å². The van der Waals surface area contributed by atoms with Crippen LogP contribution in [-0.2, 0) is 18.7 Å². The highest BCUT2D eigenvalue weighted by atomic mass is 35.5. The van der Waals surface area contributed by atoms with E-state index in [9.17, 15) is 0 Å². The van der Waals surface area contributed by atoms with E-state index in [1.807, 2.05) is 54.7 Å². The van der Waals surface area contributed by atoms with Crippen molar-refractivity contribution < 1.29 is 0 Å². The highest BCUT2D eigenvalue weighted by Crippen LogP contribution is 2.35. The first-order chi connectivity index (χ1) is 12.5. The Balaban J connectivity index is 1.68. The quantitative estimate of drug-likeness (QED) is 0.425. The Labute approximate surface area is 169 Å². The Morgan fingerprint density at radius 1 is 0.962 bits per heavy atom. The molecule has 0 aliphatic rings. The highest BCUT2D eigenvalue weighted by Gasteiger charge is 2.25. The lowest BCUT2D eigenvalue weighted by Gasteiger charge is -2.30. The zero-order valence-electron chi connectivity index (χ0n) is 14.7. The minimum atomic E-state index is 0.0972. The highest BCUT2D eigenvalue weighted by molar-refractivity contribution is 7.99. The number of rotatable bonds is 8. The molecule has 1 unspecified atom stereocenters. The first kappa shape index (κ1) is 19.3. The number of benzene rings is 2. The van der Waals surface area contributed by atoms with Crippen molar-refractivity contribution in [1.29, 1.82) is 0 Å². The predicted octanol–water partition coefficient (Wildman–Crippen LogP) is 6.51. The van der Waals surface area contributed by atoms with Crippen LogP contribution in [0.5, 0.6) is 0 Å². The van der Waals surface area contributed by atoms with Gasteiger partial charge in [0.1, 0.15) is 0 Å². The van der Waals surface area contributed by atoms with E-state index >= 15 is 0 Å². The molecule has 0 amide bonds. The normalized spacial score (nSPS) is 13.5. The van der Waals surface area contributed by atoms with Gasteiger partial charge in [0.05, 0.1) is 6.33 Å². The number of hydrogen-bond acceptors (Lipinski definition) is 2. The van der Waals surface area contributed by atoms with Gasteiger partial charge in [-0.15, -0.1) is 11.8 Å². The van der Waals surface area contributed by atoms with Crippen LogP contribution >= 0.6 is 35.0 Å². The molecule has 1 heterocycles. The minimum absolute atomic E-state index is 0.0972. The van der Waals surface area contributed by atoms with E-state index in [0.29, 0.717) is 0 Å². The van der Waals surface area contributed by atoms with Gasteiger partial charge in [-0.25, -0.2) is 4.98 Å². The zero-order chi connectivity index (χ0) is 18.4. The Kier molecular flexibility index (Phi) is 6.68. The molecule has 2 nitrogen and oxygen atoms in total. The molecule has 136 valence electrons. The number of aromatic nitrogens is 2. The van der Waals surface area contributed by atoms with Gasteiger partial charge in [-0.1, -0.05) is 47.5 Å². The maximum Gasteiger partial charge on any atom is 0.0946 e. The molecule has 0 fully saturated rings. The average Bonchev–Trinajstić information content (AvgIpc) is 3.14. The molecule has 1 aromatic heterocycles. The third kappa shape index (κ3) is 5.80. The number of hydrogen-bond donors (Lipinski definition) is 0. The maximum absolute atomic E-state index is 6.00. The Morgan fingerprint density at radius 2 is 1.58 bits per heavy atom. The first-order valence-corrected chi connectivity index (χ1v) is 10.4. The van der Waals surface area contributed by atoms with Crippen molar-refractivity contribution in [3.8, 4) is 0 Å². The van der Waals surface area contributed by atoms with Crippen molar-refractivity contribution in [1.82, 2.24) is 9.55 Å². The number of halogens is 2. The standard InChI is InChI=1S/C21H22Cl2N2S/c1-21(15-25-13-12-24-16-25,11-10-17-2-6-19(22)7-3-17)26-14-18-4-8-20(23)9-5-18/h2-9,12-13,16H,10-11,14-15H2,1H3. The van der Waals surface area contributed by atoms with Crippen LogP contribution in [0.25, 0.3) is 0 Å². The third-order valence-corrected chi connectivity index (χ3v) is 6.44. The van der Waals surface area contributed by atoms with E-state index in [2.05, 4.69) is 40.7 Å². The molecule has 5 heteroatoms. The molecule has 0 N–H and O–H groups in total. The van der Waals surface area contributed by atoms with E-state index in [4.69, 9.17) is 23.2 Å². The van der Waals surface area contributed by atoms with Crippen LogP contribution in [0.4, 0.5) is 0 Å². The summed E-state index contributed by atoms with van der Waals surface area (Å²) in [6, 6.07) is 16.3. The second-order valence-electron chi connectivity index (χ2n) is 6.73. The van der Waals surface area contributed by atoms with Gasteiger partial charge in [-0.2, -0.15) is 0 Å². The fourth-order valence-electron chi connectivity index (χ4n) is 2.86. The molecule has 0 aliphatic heterocycles. The zero-order valence-corrected chi connectivity index (χ0v) is 17.1. The number of aryl methyl sites for hydroxylation is 1. The van der Waals surface area contributed by atoms with E-state index in [1.54, 1.807) is 0 Å². The smallest absolute Gasteiger partial charge is 0.0946 e. The molecule has 2 aromatic carbocycles. The van der Waals surface area contributed by atoms with Gasteiger partial charge in [-0.05, 0) is 55.2 Å². The summed E-state index contributed by atoms with van der Waals surface area (Å²) in [5.41, 5.74) is 2.61. The van der Waals surface area contributed by atoms with Crippen molar-refractivity contribution in [3.63, 3.8) is 0 Å². The van der Waals surface area contributed by atoms with Gasteiger partial charge in [-0.3, -0.25) is 0 Å². The van der Waals surface area contributed by atoms with Crippen molar-refractivity contribution in [2.75, 3.05) is 0 Å². The van der Waals surface area contributed by atoms with E-state index < -0.39 is 0 Å². The number of thioether (sulfide) groups is 1. The molecule has 3 rings (SSSR count). The van der Waals surface area contributed by atoms with E-state index in [-0.39, 0.29) is 4.75 Å². The summed E-state index contributed by atoms with van der Waals surface area (Å²) in [5.74, 6) is 0.961. The van der Waals surface area contributed by atoms with Crippen LogP contribution in [0.15, 0.2) is 67.3 Å². The summed E-state index contributed by atoms with van der Waals surface area (Å²) in [5, 5.41) is 1.56. The summed E-state index contributed by atoms with van der Waals surface area (Å²) in [6.45, 7) is 3.27. The van der Waals surface area contributed by atoms with Crippen LogP contribution in [0.1, 0.15) is 24.5 Å². The van der Waals surface area contributed by atoms with Gasteiger partial charge in [0.25, 0.3) is 0 Å². The van der Waals surface area contributed by atoms with Crippen LogP contribution in [0, 0.1) is 0 Å². The largest absolute Gasteiger partial charge is 0.336 e. The Morgan fingerprint density at radius 3 is 2.15 bits per heavy atom. The molecule has 0 bridgehead atoms. The molecule has 0 radical (unpaired) electrons. The average molecular weight is 405 g/mol. The molecular weight excluding hydrogens is 383 g/mol. The minimum Gasteiger partial charge on any atom is -0.336 e. The van der Waals surface area contributed by atoms with Crippen LogP contribution in [0.2, 0.25) is 10.0 Å². The number of nitrogens with zero attached hydrogens (tertiary/aromatic N) is 2. The van der Waals surface area contributed by atoms with Crippen molar-refractivity contribution >= 4 is 35.0 Å². The van der Waals surface area contributed by atoms with Crippen LogP contribution < -0.4 is 0 Å². The van der Waals surface area contributed by atoms with Crippen molar-refractivity contribution in [2.45, 2.75) is 36.8 Å². The molecule has 0 saturated heterocycles. The second-order valence-corrected chi connectivity index (χ2v) is 9.16. The molecule has 0 spiro atoms. The molecule has 3 aromatic rings. The summed E-state index contributed by atoms with van der Waals surface area (Å²) in [6.07, 6.45) is 7.86. The third-order valence-electron chi connectivity index (χ3n) is 4.43. The molecular formula is C21H22Cl2N2S. The molecule has 0 saturated carbocycles. The van der Waals surface area contributed by atoms with Crippen molar-refractivity contribution in [2.24, 2.45) is 0 Å². The van der Waals surface area contributed by atoms with Gasteiger partial charge >= 0.3 is 0 Å². The summed E-state index contributed by atoms with van der Waals surface area (Å²) < 4.78 is 2.26. The summed E-state index contributed by atoms with van der Waals surface area (Å²) >= 11 is 14.0. The molecule has 26 heavy (non-hydrogen) atoms. The van der Waals surface area contributed by atoms with Gasteiger partial charge in [0, 0.05) is 39.5 Å². The van der Waals surface area contributed by atoms with Crippen LogP contribution in [-0.4, -0.2) is 14.3 Å². The van der Waals surface area contributed by atoms with Gasteiger partial charge in [0.2, 0.25) is 0 Å². The van der Waals surface area contributed by atoms with Crippen molar-refractivity contribution in [3.05, 3.63) is 88.4 Å². The summed E-state index contributed by atoms with van der Waals surface area (Å²) in [4.78, 5) is 4.19. The van der Waals surface area contributed by atoms with Gasteiger partial charge in [0.15, 0.2) is 0 Å². The number of imidazole rings is 1. The second kappa shape index (κ2) is 8.98. The fraction of sp³-hybridized carbons (Fsp3) is 0.286.